The van der Waals surface area contributed by atoms with Crippen molar-refractivity contribution in [3.8, 4) is 56.0 Å². The molecule has 0 spiro atoms. The molecular weight excluding hydrogens is 725 g/mol. The SMILES string of the molecule is CC(C)(C)c1ccc(-c2cc(Oc3ccc(Cl)cc3Cl)cc(N(c3ccc(-c4ccccc4)cc3)c3c(-c4ccccc4)cccc3-c3ccccc3)c2)cc1. The molecule has 2 nitrogen and oxygen atoms in total. The van der Waals surface area contributed by atoms with E-state index in [0.717, 1.165) is 61.6 Å². The predicted octanol–water partition coefficient (Wildman–Crippen LogP) is 16.2. The van der Waals surface area contributed by atoms with Crippen LogP contribution in [0.3, 0.4) is 0 Å². The summed E-state index contributed by atoms with van der Waals surface area (Å²) >= 11 is 13.0. The Morgan fingerprint density at radius 2 is 0.946 bits per heavy atom. The van der Waals surface area contributed by atoms with Crippen molar-refractivity contribution in [2.45, 2.75) is 26.2 Å². The molecule has 0 N–H and O–H groups in total. The van der Waals surface area contributed by atoms with Crippen molar-refractivity contribution in [1.29, 1.82) is 0 Å². The maximum absolute atomic E-state index is 6.71. The fourth-order valence-electron chi connectivity index (χ4n) is 7.11. The van der Waals surface area contributed by atoms with E-state index in [1.165, 1.54) is 5.56 Å². The average Bonchev–Trinajstić information content (AvgIpc) is 3.23. The lowest BCUT2D eigenvalue weighted by Crippen LogP contribution is -2.13. The summed E-state index contributed by atoms with van der Waals surface area (Å²) < 4.78 is 6.66. The van der Waals surface area contributed by atoms with E-state index in [0.29, 0.717) is 21.5 Å². The number of benzene rings is 8. The molecule has 0 radical (unpaired) electrons. The number of nitrogens with zero attached hydrogens (tertiary/aromatic N) is 1. The monoisotopic (exact) mass is 765 g/mol. The third-order valence-corrected chi connectivity index (χ3v) is 10.5. The normalized spacial score (nSPS) is 11.3. The highest BCUT2D eigenvalue weighted by molar-refractivity contribution is 6.35. The highest BCUT2D eigenvalue weighted by Gasteiger charge is 2.24. The van der Waals surface area contributed by atoms with Crippen molar-refractivity contribution in [1.82, 2.24) is 0 Å². The average molecular weight is 767 g/mol. The lowest BCUT2D eigenvalue weighted by atomic mass is 9.86. The van der Waals surface area contributed by atoms with Gasteiger partial charge in [0, 0.05) is 27.9 Å². The maximum Gasteiger partial charge on any atom is 0.146 e. The molecule has 274 valence electrons. The molecule has 8 rings (SSSR count). The summed E-state index contributed by atoms with van der Waals surface area (Å²) in [4.78, 5) is 2.36. The minimum absolute atomic E-state index is 0.0255. The highest BCUT2D eigenvalue weighted by atomic mass is 35.5. The largest absolute Gasteiger partial charge is 0.456 e. The quantitative estimate of drug-likeness (QED) is 0.145. The molecule has 0 heterocycles. The van der Waals surface area contributed by atoms with Gasteiger partial charge in [-0.15, -0.1) is 0 Å². The van der Waals surface area contributed by atoms with Crippen LogP contribution < -0.4 is 9.64 Å². The molecule has 0 fully saturated rings. The number of para-hydroxylation sites is 1. The van der Waals surface area contributed by atoms with Gasteiger partial charge in [0.25, 0.3) is 0 Å². The molecule has 0 aliphatic rings. The Hall–Kier alpha value is -6.06. The van der Waals surface area contributed by atoms with E-state index in [4.69, 9.17) is 27.9 Å². The Morgan fingerprint density at radius 1 is 0.429 bits per heavy atom. The van der Waals surface area contributed by atoms with Gasteiger partial charge in [0.1, 0.15) is 11.5 Å². The Bertz CT molecular complexity index is 2520. The van der Waals surface area contributed by atoms with E-state index in [9.17, 15) is 0 Å². The fourth-order valence-corrected chi connectivity index (χ4v) is 7.56. The third kappa shape index (κ3) is 8.00. The Labute approximate surface area is 340 Å². The first-order valence-electron chi connectivity index (χ1n) is 18.8. The van der Waals surface area contributed by atoms with Crippen molar-refractivity contribution >= 4 is 40.3 Å². The second kappa shape index (κ2) is 16.0. The molecule has 0 aliphatic carbocycles. The third-order valence-electron chi connectivity index (χ3n) is 10.0. The van der Waals surface area contributed by atoms with Crippen molar-refractivity contribution in [2.75, 3.05) is 4.90 Å². The van der Waals surface area contributed by atoms with Crippen LogP contribution in [0.1, 0.15) is 26.3 Å². The van der Waals surface area contributed by atoms with Gasteiger partial charge in [-0.3, -0.25) is 0 Å². The number of hydrogen-bond donors (Lipinski definition) is 0. The van der Waals surface area contributed by atoms with Crippen molar-refractivity contribution in [2.24, 2.45) is 0 Å². The zero-order chi connectivity index (χ0) is 38.6. The van der Waals surface area contributed by atoms with Crippen molar-refractivity contribution in [3.63, 3.8) is 0 Å². The molecule has 0 aromatic heterocycles. The van der Waals surface area contributed by atoms with Gasteiger partial charge >= 0.3 is 0 Å². The molecule has 0 amide bonds. The number of halogens is 2. The first kappa shape index (κ1) is 36.9. The molecular formula is C52H41Cl2NO. The second-order valence-corrected chi connectivity index (χ2v) is 15.7. The van der Waals surface area contributed by atoms with Gasteiger partial charge in [0.05, 0.1) is 16.4 Å². The van der Waals surface area contributed by atoms with Gasteiger partial charge < -0.3 is 9.64 Å². The van der Waals surface area contributed by atoms with Gasteiger partial charge in [-0.1, -0.05) is 190 Å². The fraction of sp³-hybridized carbons (Fsp3) is 0.0769. The van der Waals surface area contributed by atoms with Gasteiger partial charge in [-0.05, 0) is 86.8 Å². The molecule has 56 heavy (non-hydrogen) atoms. The minimum atomic E-state index is 0.0255. The van der Waals surface area contributed by atoms with E-state index in [1.54, 1.807) is 12.1 Å². The van der Waals surface area contributed by atoms with E-state index < -0.39 is 0 Å². The van der Waals surface area contributed by atoms with Gasteiger partial charge in [-0.2, -0.15) is 0 Å². The first-order valence-corrected chi connectivity index (χ1v) is 19.6. The second-order valence-electron chi connectivity index (χ2n) is 14.9. The topological polar surface area (TPSA) is 12.5 Å². The zero-order valence-corrected chi connectivity index (χ0v) is 33.1. The zero-order valence-electron chi connectivity index (χ0n) is 31.6. The van der Waals surface area contributed by atoms with Crippen LogP contribution in [0.4, 0.5) is 17.1 Å². The van der Waals surface area contributed by atoms with E-state index in [1.807, 2.05) is 12.1 Å². The van der Waals surface area contributed by atoms with Crippen LogP contribution in [0.5, 0.6) is 11.5 Å². The Kier molecular flexibility index (Phi) is 10.5. The Morgan fingerprint density at radius 3 is 1.50 bits per heavy atom. The first-order chi connectivity index (χ1) is 27.2. The van der Waals surface area contributed by atoms with Crippen LogP contribution in [-0.4, -0.2) is 0 Å². The lowest BCUT2D eigenvalue weighted by Gasteiger charge is -2.31. The molecule has 0 unspecified atom stereocenters. The molecule has 4 heteroatoms. The number of anilines is 3. The van der Waals surface area contributed by atoms with E-state index in [2.05, 4.69) is 196 Å². The lowest BCUT2D eigenvalue weighted by molar-refractivity contribution is 0.483. The molecule has 8 aromatic rings. The maximum atomic E-state index is 6.71. The summed E-state index contributed by atoms with van der Waals surface area (Å²) in [6.45, 7) is 6.71. The molecule has 0 atom stereocenters. The number of rotatable bonds is 9. The molecule has 0 aliphatic heterocycles. The molecule has 0 saturated heterocycles. The van der Waals surface area contributed by atoms with Crippen LogP contribution in [0.2, 0.25) is 10.0 Å². The smallest absolute Gasteiger partial charge is 0.146 e. The minimum Gasteiger partial charge on any atom is -0.456 e. The summed E-state index contributed by atoms with van der Waals surface area (Å²) in [5.41, 5.74) is 13.1. The molecule has 0 saturated carbocycles. The summed E-state index contributed by atoms with van der Waals surface area (Å²) in [6.07, 6.45) is 0. The van der Waals surface area contributed by atoms with Crippen LogP contribution in [0, 0.1) is 0 Å². The van der Waals surface area contributed by atoms with Crippen LogP contribution in [0.25, 0.3) is 44.5 Å². The summed E-state index contributed by atoms with van der Waals surface area (Å²) in [6, 6.07) is 67.6. The van der Waals surface area contributed by atoms with Crippen molar-refractivity contribution < 1.29 is 4.74 Å². The number of hydrogen-bond acceptors (Lipinski definition) is 2. The molecule has 8 aromatic carbocycles. The van der Waals surface area contributed by atoms with Crippen LogP contribution in [-0.2, 0) is 5.41 Å². The molecule has 0 bridgehead atoms. The predicted molar refractivity (Wildman–Crippen MR) is 238 cm³/mol. The van der Waals surface area contributed by atoms with Crippen molar-refractivity contribution in [3.05, 3.63) is 210 Å². The Balaban J connectivity index is 1.40. The summed E-state index contributed by atoms with van der Waals surface area (Å²) in [7, 11) is 0. The van der Waals surface area contributed by atoms with E-state index >= 15 is 0 Å². The van der Waals surface area contributed by atoms with Crippen LogP contribution in [0.15, 0.2) is 194 Å². The number of ether oxygens (including phenoxy) is 1. The standard InChI is InChI=1S/C52H41Cl2NO/c1-52(2,3)42-26-22-38(23-27-42)41-32-45(35-46(33-41)56-50-31-28-43(53)34-49(50)54)55(44-29-24-37(25-30-44)36-14-7-4-8-15-36)51-47(39-16-9-5-10-17-39)20-13-21-48(51)40-18-11-6-12-19-40/h4-35H,1-3H3. The van der Waals surface area contributed by atoms with Crippen LogP contribution >= 0.6 is 23.2 Å². The highest BCUT2D eigenvalue weighted by Crippen LogP contribution is 2.49. The summed E-state index contributed by atoms with van der Waals surface area (Å²) in [5, 5.41) is 0.986. The van der Waals surface area contributed by atoms with Gasteiger partial charge in [0.15, 0.2) is 0 Å². The van der Waals surface area contributed by atoms with E-state index in [-0.39, 0.29) is 5.41 Å². The van der Waals surface area contributed by atoms with Gasteiger partial charge in [-0.25, -0.2) is 0 Å². The summed E-state index contributed by atoms with van der Waals surface area (Å²) in [5.74, 6) is 1.17. The van der Waals surface area contributed by atoms with Gasteiger partial charge in [0.2, 0.25) is 0 Å².